The van der Waals surface area contributed by atoms with Crippen molar-refractivity contribution >= 4 is 6.03 Å². The van der Waals surface area contributed by atoms with Crippen molar-refractivity contribution in [3.8, 4) is 5.75 Å². The van der Waals surface area contributed by atoms with E-state index in [9.17, 15) is 4.79 Å². The van der Waals surface area contributed by atoms with Crippen molar-refractivity contribution in [2.75, 3.05) is 40.3 Å². The maximum absolute atomic E-state index is 12.2. The van der Waals surface area contributed by atoms with Crippen LogP contribution in [-0.4, -0.2) is 62.2 Å². The number of urea groups is 1. The van der Waals surface area contributed by atoms with Gasteiger partial charge in [0.1, 0.15) is 5.75 Å². The fraction of sp³-hybridized carbons (Fsp3) is 0.611. The van der Waals surface area contributed by atoms with Crippen LogP contribution in [0.2, 0.25) is 0 Å². The van der Waals surface area contributed by atoms with Crippen LogP contribution < -0.4 is 10.1 Å². The quantitative estimate of drug-likeness (QED) is 0.785. The van der Waals surface area contributed by atoms with Gasteiger partial charge in [-0.25, -0.2) is 4.79 Å². The molecule has 2 amide bonds. The second-order valence-corrected chi connectivity index (χ2v) is 6.23. The second kappa shape index (κ2) is 8.77. The zero-order chi connectivity index (χ0) is 16.7. The van der Waals surface area contributed by atoms with Crippen LogP contribution in [0.5, 0.6) is 5.75 Å². The van der Waals surface area contributed by atoms with Crippen molar-refractivity contribution in [3.63, 3.8) is 0 Å². The first-order chi connectivity index (χ1) is 11.1. The average Bonchev–Trinajstić information content (AvgIpc) is 3.03. The summed E-state index contributed by atoms with van der Waals surface area (Å²) in [6, 6.07) is 8.66. The van der Waals surface area contributed by atoms with Gasteiger partial charge in [0, 0.05) is 25.7 Å². The first-order valence-electron chi connectivity index (χ1n) is 8.51. The maximum Gasteiger partial charge on any atom is 0.317 e. The minimum Gasteiger partial charge on any atom is -0.494 e. The second-order valence-electron chi connectivity index (χ2n) is 6.23. The molecule has 2 rings (SSSR count). The molecule has 0 saturated carbocycles. The normalized spacial score (nSPS) is 17.6. The van der Waals surface area contributed by atoms with Gasteiger partial charge in [-0.3, -0.25) is 0 Å². The molecular formula is C18H29N3O2. The van der Waals surface area contributed by atoms with Gasteiger partial charge in [0.15, 0.2) is 0 Å². The molecule has 128 valence electrons. The molecule has 5 nitrogen and oxygen atoms in total. The molecule has 1 aliphatic rings. The number of likely N-dealkylation sites (N-methyl/N-ethyl adjacent to an activating group) is 1. The first-order valence-corrected chi connectivity index (χ1v) is 8.51. The van der Waals surface area contributed by atoms with Gasteiger partial charge in [0.2, 0.25) is 0 Å². The molecule has 0 unspecified atom stereocenters. The summed E-state index contributed by atoms with van der Waals surface area (Å²) in [5.74, 6) is 0.953. The van der Waals surface area contributed by atoms with Gasteiger partial charge in [-0.15, -0.1) is 0 Å². The minimum absolute atomic E-state index is 0.0624. The lowest BCUT2D eigenvalue weighted by Gasteiger charge is -2.20. The monoisotopic (exact) mass is 319 g/mol. The molecule has 1 atom stereocenters. The van der Waals surface area contributed by atoms with Crippen molar-refractivity contribution in [2.24, 2.45) is 0 Å². The van der Waals surface area contributed by atoms with Crippen LogP contribution in [0, 0.1) is 0 Å². The van der Waals surface area contributed by atoms with Gasteiger partial charge in [-0.2, -0.15) is 0 Å². The summed E-state index contributed by atoms with van der Waals surface area (Å²) in [4.78, 5) is 16.3. The van der Waals surface area contributed by atoms with E-state index < -0.39 is 0 Å². The molecule has 23 heavy (non-hydrogen) atoms. The molecule has 1 heterocycles. The predicted octanol–water partition coefficient (Wildman–Crippen LogP) is 2.36. The molecule has 1 saturated heterocycles. The van der Waals surface area contributed by atoms with Crippen LogP contribution in [0.4, 0.5) is 4.79 Å². The number of aryl methyl sites for hydroxylation is 1. The largest absolute Gasteiger partial charge is 0.494 e. The lowest BCUT2D eigenvalue weighted by atomic mass is 10.1. The zero-order valence-electron chi connectivity index (χ0n) is 14.5. The van der Waals surface area contributed by atoms with Crippen molar-refractivity contribution < 1.29 is 9.53 Å². The van der Waals surface area contributed by atoms with E-state index in [0.717, 1.165) is 38.1 Å². The third kappa shape index (κ3) is 5.13. The molecular weight excluding hydrogens is 290 g/mol. The Labute approximate surface area is 139 Å². The van der Waals surface area contributed by atoms with Crippen molar-refractivity contribution in [2.45, 2.75) is 32.2 Å². The number of ether oxygens (including phenoxy) is 1. The van der Waals surface area contributed by atoms with Gasteiger partial charge >= 0.3 is 6.03 Å². The Kier molecular flexibility index (Phi) is 6.71. The van der Waals surface area contributed by atoms with E-state index in [4.69, 9.17) is 4.74 Å². The Morgan fingerprint density at radius 3 is 2.87 bits per heavy atom. The Bertz CT molecular complexity index is 505. The van der Waals surface area contributed by atoms with E-state index in [1.165, 1.54) is 5.56 Å². The number of hydrogen-bond donors (Lipinski definition) is 1. The number of nitrogens with zero attached hydrogens (tertiary/aromatic N) is 2. The van der Waals surface area contributed by atoms with E-state index >= 15 is 0 Å². The van der Waals surface area contributed by atoms with Gasteiger partial charge in [-0.05, 0) is 51.9 Å². The van der Waals surface area contributed by atoms with E-state index in [2.05, 4.69) is 30.4 Å². The lowest BCUT2D eigenvalue weighted by molar-refractivity contribution is 0.203. The highest BCUT2D eigenvalue weighted by molar-refractivity contribution is 5.74. The molecule has 1 aromatic carbocycles. The van der Waals surface area contributed by atoms with Crippen LogP contribution in [0.1, 0.15) is 25.3 Å². The molecule has 0 aliphatic carbocycles. The zero-order valence-corrected chi connectivity index (χ0v) is 14.5. The average molecular weight is 319 g/mol. The first kappa shape index (κ1) is 17.6. The van der Waals surface area contributed by atoms with E-state index in [1.807, 2.05) is 30.0 Å². The fourth-order valence-corrected chi connectivity index (χ4v) is 2.94. The Morgan fingerprint density at radius 1 is 1.39 bits per heavy atom. The van der Waals surface area contributed by atoms with E-state index in [0.29, 0.717) is 19.2 Å². The summed E-state index contributed by atoms with van der Waals surface area (Å²) in [5, 5.41) is 3.03. The summed E-state index contributed by atoms with van der Waals surface area (Å²) in [6.07, 6.45) is 2.89. The number of amides is 2. The minimum atomic E-state index is 0.0624. The molecule has 0 radical (unpaired) electrons. The standard InChI is InChI=1S/C18H29N3O2/c1-4-23-17-10-6-5-8-15(17)9-7-12-19-18(22)21-13-11-16(14-21)20(2)3/h5-6,8,10,16H,4,7,9,11-14H2,1-3H3,(H,19,22)/t16-/m1/s1. The molecule has 1 fully saturated rings. The highest BCUT2D eigenvalue weighted by atomic mass is 16.5. The third-order valence-corrected chi connectivity index (χ3v) is 4.35. The summed E-state index contributed by atoms with van der Waals surface area (Å²) in [7, 11) is 4.14. The molecule has 1 aromatic rings. The third-order valence-electron chi connectivity index (χ3n) is 4.35. The number of rotatable bonds is 7. The van der Waals surface area contributed by atoms with Crippen molar-refractivity contribution in [1.82, 2.24) is 15.1 Å². The van der Waals surface area contributed by atoms with Gasteiger partial charge in [0.25, 0.3) is 0 Å². The Hall–Kier alpha value is -1.75. The predicted molar refractivity (Wildman–Crippen MR) is 93.0 cm³/mol. The lowest BCUT2D eigenvalue weighted by Crippen LogP contribution is -2.41. The number of likely N-dealkylation sites (tertiary alicyclic amines) is 1. The van der Waals surface area contributed by atoms with Crippen LogP contribution in [0.3, 0.4) is 0 Å². The van der Waals surface area contributed by atoms with Crippen LogP contribution >= 0.6 is 0 Å². The molecule has 0 spiro atoms. The number of hydrogen-bond acceptors (Lipinski definition) is 3. The van der Waals surface area contributed by atoms with Crippen molar-refractivity contribution in [1.29, 1.82) is 0 Å². The maximum atomic E-state index is 12.2. The summed E-state index contributed by atoms with van der Waals surface area (Å²) < 4.78 is 5.63. The summed E-state index contributed by atoms with van der Waals surface area (Å²) in [6.45, 7) is 5.04. The number of para-hydroxylation sites is 1. The molecule has 1 aliphatic heterocycles. The fourth-order valence-electron chi connectivity index (χ4n) is 2.94. The molecule has 0 aromatic heterocycles. The highest BCUT2D eigenvalue weighted by Crippen LogP contribution is 2.19. The number of nitrogens with one attached hydrogen (secondary N) is 1. The van der Waals surface area contributed by atoms with Gasteiger partial charge in [0.05, 0.1) is 6.61 Å². The van der Waals surface area contributed by atoms with Crippen LogP contribution in [0.15, 0.2) is 24.3 Å². The van der Waals surface area contributed by atoms with E-state index in [-0.39, 0.29) is 6.03 Å². The summed E-state index contributed by atoms with van der Waals surface area (Å²) in [5.41, 5.74) is 1.21. The number of carbonyl (C=O) groups is 1. The van der Waals surface area contributed by atoms with Crippen LogP contribution in [-0.2, 0) is 6.42 Å². The Morgan fingerprint density at radius 2 is 2.17 bits per heavy atom. The highest BCUT2D eigenvalue weighted by Gasteiger charge is 2.26. The smallest absolute Gasteiger partial charge is 0.317 e. The number of benzene rings is 1. The van der Waals surface area contributed by atoms with Gasteiger partial charge < -0.3 is 19.9 Å². The molecule has 0 bridgehead atoms. The number of carbonyl (C=O) groups excluding carboxylic acids is 1. The molecule has 5 heteroatoms. The van der Waals surface area contributed by atoms with Crippen molar-refractivity contribution in [3.05, 3.63) is 29.8 Å². The Balaban J connectivity index is 1.70. The molecule has 1 N–H and O–H groups in total. The van der Waals surface area contributed by atoms with Gasteiger partial charge in [-0.1, -0.05) is 18.2 Å². The topological polar surface area (TPSA) is 44.8 Å². The summed E-state index contributed by atoms with van der Waals surface area (Å²) >= 11 is 0. The van der Waals surface area contributed by atoms with Crippen LogP contribution in [0.25, 0.3) is 0 Å². The SMILES string of the molecule is CCOc1ccccc1CCCNC(=O)N1CC[C@@H](N(C)C)C1. The van der Waals surface area contributed by atoms with E-state index in [1.54, 1.807) is 0 Å².